The predicted octanol–water partition coefficient (Wildman–Crippen LogP) is 1.52. The van der Waals surface area contributed by atoms with E-state index in [1.54, 1.807) is 29.1 Å². The zero-order chi connectivity index (χ0) is 11.9. The Hall–Kier alpha value is -1.66. The number of nitrogens with one attached hydrogen (secondary N) is 1. The zero-order valence-corrected chi connectivity index (χ0v) is 9.98. The van der Waals surface area contributed by atoms with Crippen molar-refractivity contribution in [2.45, 2.75) is 6.54 Å². The molecule has 2 aromatic heterocycles. The summed E-state index contributed by atoms with van der Waals surface area (Å²) in [6, 6.07) is 3.64. The van der Waals surface area contributed by atoms with Crippen LogP contribution in [0.1, 0.15) is 5.69 Å². The number of hydrogen-bond acceptors (Lipinski definition) is 6. The van der Waals surface area contributed by atoms with Gasteiger partial charge >= 0.3 is 0 Å². The van der Waals surface area contributed by atoms with Gasteiger partial charge in [-0.3, -0.25) is 0 Å². The largest absolute Gasteiger partial charge is 0.475 e. The number of nitrogens with zero attached hydrogens (tertiary/aromatic N) is 2. The maximum Gasteiger partial charge on any atom is 0.213 e. The third-order valence-corrected chi connectivity index (χ3v) is 2.67. The molecule has 0 spiro atoms. The maximum atomic E-state index is 8.60. The second-order valence-electron chi connectivity index (χ2n) is 3.29. The minimum absolute atomic E-state index is 0.00843. The molecule has 0 aliphatic heterocycles. The van der Waals surface area contributed by atoms with Crippen molar-refractivity contribution in [1.82, 2.24) is 9.97 Å². The lowest BCUT2D eigenvalue weighted by atomic mass is 10.4. The van der Waals surface area contributed by atoms with Gasteiger partial charge in [0.15, 0.2) is 0 Å². The molecule has 0 saturated carbocycles. The molecule has 0 saturated heterocycles. The van der Waals surface area contributed by atoms with Gasteiger partial charge in [-0.05, 0) is 6.07 Å². The summed E-state index contributed by atoms with van der Waals surface area (Å²) < 4.78 is 5.16. The van der Waals surface area contributed by atoms with Gasteiger partial charge in [-0.2, -0.15) is 0 Å². The third kappa shape index (κ3) is 3.69. The smallest absolute Gasteiger partial charge is 0.213 e. The average Bonchev–Trinajstić information content (AvgIpc) is 2.88. The van der Waals surface area contributed by atoms with E-state index in [0.717, 1.165) is 11.4 Å². The molecule has 0 amide bonds. The molecular weight excluding hydrogens is 238 g/mol. The lowest BCUT2D eigenvalue weighted by molar-refractivity contribution is 0.196. The highest BCUT2D eigenvalue weighted by molar-refractivity contribution is 7.07. The number of aromatic nitrogens is 2. The van der Waals surface area contributed by atoms with E-state index in [1.165, 1.54) is 0 Å². The first-order chi connectivity index (χ1) is 8.38. The molecular formula is C11H13N3O2S. The summed E-state index contributed by atoms with van der Waals surface area (Å²) in [6.07, 6.45) is 1.69. The number of hydrogen-bond donors (Lipinski definition) is 2. The molecule has 5 nitrogen and oxygen atoms in total. The van der Waals surface area contributed by atoms with Crippen LogP contribution < -0.4 is 10.1 Å². The SMILES string of the molecule is OCCOc1ccc(NCc2cscn2)cn1. The molecule has 0 bridgehead atoms. The molecule has 0 unspecified atom stereocenters. The normalized spacial score (nSPS) is 10.2. The van der Waals surface area contributed by atoms with Gasteiger partial charge in [0.05, 0.1) is 36.2 Å². The molecule has 6 heteroatoms. The van der Waals surface area contributed by atoms with E-state index in [1.807, 2.05) is 11.4 Å². The lowest BCUT2D eigenvalue weighted by Gasteiger charge is -2.06. The Kier molecular flexibility index (Phi) is 4.29. The van der Waals surface area contributed by atoms with E-state index >= 15 is 0 Å². The third-order valence-electron chi connectivity index (χ3n) is 2.03. The lowest BCUT2D eigenvalue weighted by Crippen LogP contribution is -2.04. The first-order valence-corrected chi connectivity index (χ1v) is 6.13. The standard InChI is InChI=1S/C11H13N3O2S/c15-3-4-16-11-2-1-9(5-13-11)12-6-10-7-17-8-14-10/h1-2,5,7-8,12,15H,3-4,6H2. The molecule has 2 rings (SSSR count). The van der Waals surface area contributed by atoms with Gasteiger partial charge in [0.25, 0.3) is 0 Å². The summed E-state index contributed by atoms with van der Waals surface area (Å²) in [5.74, 6) is 0.512. The van der Waals surface area contributed by atoms with Gasteiger partial charge in [0, 0.05) is 11.4 Å². The highest BCUT2D eigenvalue weighted by Crippen LogP contribution is 2.12. The number of aliphatic hydroxyl groups excluding tert-OH is 1. The predicted molar refractivity (Wildman–Crippen MR) is 66.3 cm³/mol. The van der Waals surface area contributed by atoms with Crippen LogP contribution in [0.4, 0.5) is 5.69 Å². The Morgan fingerprint density at radius 1 is 1.35 bits per heavy atom. The number of ether oxygens (including phenoxy) is 1. The molecule has 2 N–H and O–H groups in total. The summed E-state index contributed by atoms with van der Waals surface area (Å²) in [7, 11) is 0. The fourth-order valence-corrected chi connectivity index (χ4v) is 1.80. The summed E-state index contributed by atoms with van der Waals surface area (Å²) in [5.41, 5.74) is 3.73. The van der Waals surface area contributed by atoms with E-state index in [9.17, 15) is 0 Å². The molecule has 0 aliphatic carbocycles. The summed E-state index contributed by atoms with van der Waals surface area (Å²) in [5, 5.41) is 13.8. The van der Waals surface area contributed by atoms with Crippen molar-refractivity contribution in [1.29, 1.82) is 0 Å². The van der Waals surface area contributed by atoms with E-state index < -0.39 is 0 Å². The first kappa shape index (κ1) is 11.8. The van der Waals surface area contributed by atoms with Crippen LogP contribution in [-0.4, -0.2) is 28.3 Å². The fraction of sp³-hybridized carbons (Fsp3) is 0.273. The maximum absolute atomic E-state index is 8.60. The van der Waals surface area contributed by atoms with Crippen LogP contribution in [-0.2, 0) is 6.54 Å². The number of aliphatic hydroxyl groups is 1. The Morgan fingerprint density at radius 3 is 2.94 bits per heavy atom. The van der Waals surface area contributed by atoms with Crippen molar-refractivity contribution < 1.29 is 9.84 Å². The van der Waals surface area contributed by atoms with Crippen LogP contribution in [0, 0.1) is 0 Å². The highest BCUT2D eigenvalue weighted by Gasteiger charge is 1.98. The van der Waals surface area contributed by atoms with Crippen molar-refractivity contribution in [3.63, 3.8) is 0 Å². The number of thiazole rings is 1. The average molecular weight is 251 g/mol. The summed E-state index contributed by atoms with van der Waals surface area (Å²) in [4.78, 5) is 8.28. The Labute approximate surface area is 103 Å². The first-order valence-electron chi connectivity index (χ1n) is 5.19. The van der Waals surface area contributed by atoms with Gasteiger partial charge in [0.2, 0.25) is 5.88 Å². The van der Waals surface area contributed by atoms with Crippen molar-refractivity contribution in [2.24, 2.45) is 0 Å². The second-order valence-corrected chi connectivity index (χ2v) is 4.01. The van der Waals surface area contributed by atoms with E-state index in [0.29, 0.717) is 12.4 Å². The second kappa shape index (κ2) is 6.17. The molecule has 0 atom stereocenters. The van der Waals surface area contributed by atoms with Crippen molar-refractivity contribution in [2.75, 3.05) is 18.5 Å². The number of anilines is 1. The van der Waals surface area contributed by atoms with Gasteiger partial charge in [-0.1, -0.05) is 0 Å². The monoisotopic (exact) mass is 251 g/mol. The van der Waals surface area contributed by atoms with Crippen LogP contribution in [0.2, 0.25) is 0 Å². The van der Waals surface area contributed by atoms with E-state index in [-0.39, 0.29) is 13.2 Å². The number of rotatable bonds is 6. The minimum Gasteiger partial charge on any atom is -0.475 e. The fourth-order valence-electron chi connectivity index (χ4n) is 1.24. The van der Waals surface area contributed by atoms with Crippen LogP contribution in [0.5, 0.6) is 5.88 Å². The topological polar surface area (TPSA) is 67.3 Å². The minimum atomic E-state index is -0.00843. The molecule has 90 valence electrons. The van der Waals surface area contributed by atoms with Gasteiger partial charge in [-0.15, -0.1) is 11.3 Å². The summed E-state index contributed by atoms with van der Waals surface area (Å²) in [6.45, 7) is 0.937. The van der Waals surface area contributed by atoms with Crippen LogP contribution >= 0.6 is 11.3 Å². The van der Waals surface area contributed by atoms with Crippen LogP contribution in [0.15, 0.2) is 29.2 Å². The van der Waals surface area contributed by atoms with Gasteiger partial charge in [-0.25, -0.2) is 9.97 Å². The Balaban J connectivity index is 1.85. The van der Waals surface area contributed by atoms with Gasteiger partial charge < -0.3 is 15.2 Å². The molecule has 17 heavy (non-hydrogen) atoms. The van der Waals surface area contributed by atoms with E-state index in [4.69, 9.17) is 9.84 Å². The van der Waals surface area contributed by atoms with Crippen molar-refractivity contribution in [3.05, 3.63) is 34.9 Å². The van der Waals surface area contributed by atoms with E-state index in [2.05, 4.69) is 15.3 Å². The molecule has 0 aromatic carbocycles. The zero-order valence-electron chi connectivity index (χ0n) is 9.17. The molecule has 2 aromatic rings. The Morgan fingerprint density at radius 2 is 2.29 bits per heavy atom. The molecule has 2 heterocycles. The number of pyridine rings is 1. The van der Waals surface area contributed by atoms with Gasteiger partial charge in [0.1, 0.15) is 6.61 Å². The quantitative estimate of drug-likeness (QED) is 0.814. The molecule has 0 aliphatic rings. The van der Waals surface area contributed by atoms with Crippen molar-refractivity contribution in [3.8, 4) is 5.88 Å². The highest BCUT2D eigenvalue weighted by atomic mass is 32.1. The molecule has 0 fully saturated rings. The summed E-state index contributed by atoms with van der Waals surface area (Å²) >= 11 is 1.58. The van der Waals surface area contributed by atoms with Crippen molar-refractivity contribution >= 4 is 17.0 Å². The van der Waals surface area contributed by atoms with Crippen LogP contribution in [0.25, 0.3) is 0 Å². The van der Waals surface area contributed by atoms with Crippen LogP contribution in [0.3, 0.4) is 0 Å². The molecule has 0 radical (unpaired) electrons. The Bertz CT molecular complexity index is 430.